The Bertz CT molecular complexity index is 488. The van der Waals surface area contributed by atoms with E-state index in [4.69, 9.17) is 5.73 Å². The van der Waals surface area contributed by atoms with Crippen LogP contribution in [0.5, 0.6) is 0 Å². The molecular weight excluding hydrogens is 220 g/mol. The fraction of sp³-hybridized carbons (Fsp3) is 0.438. The molecule has 0 fully saturated rings. The van der Waals surface area contributed by atoms with Gasteiger partial charge in [-0.2, -0.15) is 0 Å². The molecule has 0 spiro atoms. The molecular formula is C16H22N2. The van der Waals surface area contributed by atoms with E-state index in [-0.39, 0.29) is 0 Å². The van der Waals surface area contributed by atoms with Gasteiger partial charge in [-0.1, -0.05) is 31.5 Å². The maximum atomic E-state index is 6.05. The summed E-state index contributed by atoms with van der Waals surface area (Å²) in [5, 5.41) is 1.28. The van der Waals surface area contributed by atoms with E-state index in [1.165, 1.54) is 17.4 Å². The van der Waals surface area contributed by atoms with Crippen molar-refractivity contribution in [1.82, 2.24) is 4.98 Å². The Morgan fingerprint density at radius 1 is 1.17 bits per heavy atom. The molecule has 1 heterocycles. The van der Waals surface area contributed by atoms with Gasteiger partial charge in [-0.05, 0) is 43.4 Å². The van der Waals surface area contributed by atoms with Crippen molar-refractivity contribution in [3.05, 3.63) is 42.1 Å². The summed E-state index contributed by atoms with van der Waals surface area (Å²) in [6.45, 7) is 2.19. The number of pyridine rings is 1. The van der Waals surface area contributed by atoms with Gasteiger partial charge in [0, 0.05) is 17.6 Å². The summed E-state index contributed by atoms with van der Waals surface area (Å²) in [6, 6.07) is 10.8. The molecule has 96 valence electrons. The van der Waals surface area contributed by atoms with E-state index in [2.05, 4.69) is 36.2 Å². The number of para-hydroxylation sites is 1. The Hall–Kier alpha value is -1.41. The van der Waals surface area contributed by atoms with Crippen molar-refractivity contribution in [3.8, 4) is 0 Å². The first-order valence-corrected chi connectivity index (χ1v) is 6.89. The molecule has 2 nitrogen and oxygen atoms in total. The molecule has 2 heteroatoms. The third kappa shape index (κ3) is 3.30. The van der Waals surface area contributed by atoms with E-state index >= 15 is 0 Å². The van der Waals surface area contributed by atoms with Crippen LogP contribution in [0.1, 0.15) is 38.2 Å². The van der Waals surface area contributed by atoms with Crippen molar-refractivity contribution >= 4 is 10.9 Å². The van der Waals surface area contributed by atoms with E-state index in [1.807, 2.05) is 12.3 Å². The second-order valence-corrected chi connectivity index (χ2v) is 4.93. The van der Waals surface area contributed by atoms with Crippen LogP contribution >= 0.6 is 0 Å². The lowest BCUT2D eigenvalue weighted by atomic mass is 10.0. The number of nitrogens with two attached hydrogens (primary N) is 1. The molecule has 0 aliphatic carbocycles. The predicted molar refractivity (Wildman–Crippen MR) is 77.6 cm³/mol. The molecule has 0 saturated heterocycles. The SMILES string of the molecule is CCCC(N)CCCc1ccnc2ccccc12. The highest BCUT2D eigenvalue weighted by atomic mass is 14.6. The molecule has 2 aromatic rings. The van der Waals surface area contributed by atoms with Gasteiger partial charge in [-0.15, -0.1) is 0 Å². The van der Waals surface area contributed by atoms with Crippen molar-refractivity contribution in [3.63, 3.8) is 0 Å². The van der Waals surface area contributed by atoms with Crippen LogP contribution in [0.4, 0.5) is 0 Å². The maximum absolute atomic E-state index is 6.05. The van der Waals surface area contributed by atoms with Crippen LogP contribution in [0.25, 0.3) is 10.9 Å². The molecule has 1 unspecified atom stereocenters. The molecule has 0 radical (unpaired) electrons. The number of hydrogen-bond acceptors (Lipinski definition) is 2. The Kier molecular flexibility index (Phi) is 4.71. The first kappa shape index (κ1) is 13.0. The first-order valence-electron chi connectivity index (χ1n) is 6.89. The summed E-state index contributed by atoms with van der Waals surface area (Å²) >= 11 is 0. The summed E-state index contributed by atoms with van der Waals surface area (Å²) < 4.78 is 0. The van der Waals surface area contributed by atoms with Gasteiger partial charge >= 0.3 is 0 Å². The number of rotatable bonds is 6. The fourth-order valence-corrected chi connectivity index (χ4v) is 2.44. The van der Waals surface area contributed by atoms with Crippen LogP contribution in [0.2, 0.25) is 0 Å². The molecule has 2 N–H and O–H groups in total. The molecule has 0 aliphatic rings. The zero-order chi connectivity index (χ0) is 12.8. The van der Waals surface area contributed by atoms with Gasteiger partial charge in [-0.3, -0.25) is 4.98 Å². The Morgan fingerprint density at radius 2 is 2.00 bits per heavy atom. The van der Waals surface area contributed by atoms with Crippen LogP contribution in [-0.4, -0.2) is 11.0 Å². The van der Waals surface area contributed by atoms with Crippen molar-refractivity contribution < 1.29 is 0 Å². The molecule has 0 aliphatic heterocycles. The zero-order valence-corrected chi connectivity index (χ0v) is 11.1. The quantitative estimate of drug-likeness (QED) is 0.839. The van der Waals surface area contributed by atoms with Gasteiger partial charge < -0.3 is 5.73 Å². The molecule has 0 saturated carbocycles. The average Bonchev–Trinajstić information content (AvgIpc) is 2.39. The third-order valence-electron chi connectivity index (χ3n) is 3.42. The molecule has 18 heavy (non-hydrogen) atoms. The van der Waals surface area contributed by atoms with Crippen molar-refractivity contribution in [2.24, 2.45) is 5.73 Å². The summed E-state index contributed by atoms with van der Waals surface area (Å²) in [6.07, 6.45) is 7.60. The highest BCUT2D eigenvalue weighted by molar-refractivity contribution is 5.81. The van der Waals surface area contributed by atoms with Gasteiger partial charge in [-0.25, -0.2) is 0 Å². The van der Waals surface area contributed by atoms with Gasteiger partial charge in [0.1, 0.15) is 0 Å². The second-order valence-electron chi connectivity index (χ2n) is 4.93. The largest absolute Gasteiger partial charge is 0.328 e. The fourth-order valence-electron chi connectivity index (χ4n) is 2.44. The maximum Gasteiger partial charge on any atom is 0.0704 e. The number of nitrogens with zero attached hydrogens (tertiary/aromatic N) is 1. The summed E-state index contributed by atoms with van der Waals surface area (Å²) in [7, 11) is 0. The molecule has 1 aromatic heterocycles. The van der Waals surface area contributed by atoms with Crippen LogP contribution in [0, 0.1) is 0 Å². The Morgan fingerprint density at radius 3 is 2.83 bits per heavy atom. The van der Waals surface area contributed by atoms with Crippen LogP contribution in [0.15, 0.2) is 36.5 Å². The topological polar surface area (TPSA) is 38.9 Å². The van der Waals surface area contributed by atoms with Crippen LogP contribution in [-0.2, 0) is 6.42 Å². The number of hydrogen-bond donors (Lipinski definition) is 1. The van der Waals surface area contributed by atoms with E-state index in [9.17, 15) is 0 Å². The Balaban J connectivity index is 1.99. The lowest BCUT2D eigenvalue weighted by Crippen LogP contribution is -2.19. The van der Waals surface area contributed by atoms with Crippen LogP contribution in [0.3, 0.4) is 0 Å². The molecule has 0 bridgehead atoms. The van der Waals surface area contributed by atoms with Gasteiger partial charge in [0.05, 0.1) is 5.52 Å². The van der Waals surface area contributed by atoms with Gasteiger partial charge in [0.2, 0.25) is 0 Å². The summed E-state index contributed by atoms with van der Waals surface area (Å²) in [5.41, 5.74) is 8.53. The number of aromatic nitrogens is 1. The van der Waals surface area contributed by atoms with Crippen LogP contribution < -0.4 is 5.73 Å². The minimum Gasteiger partial charge on any atom is -0.328 e. The highest BCUT2D eigenvalue weighted by Crippen LogP contribution is 2.18. The number of aryl methyl sites for hydroxylation is 1. The smallest absolute Gasteiger partial charge is 0.0704 e. The monoisotopic (exact) mass is 242 g/mol. The third-order valence-corrected chi connectivity index (χ3v) is 3.42. The Labute approximate surface area is 109 Å². The standard InChI is InChI=1S/C16H22N2/c1-2-6-14(17)8-5-7-13-11-12-18-16-10-4-3-9-15(13)16/h3-4,9-12,14H,2,5-8,17H2,1H3. The first-order chi connectivity index (χ1) is 8.81. The van der Waals surface area contributed by atoms with E-state index in [0.29, 0.717) is 6.04 Å². The van der Waals surface area contributed by atoms with E-state index in [0.717, 1.165) is 31.2 Å². The predicted octanol–water partition coefficient (Wildman–Crippen LogP) is 3.68. The van der Waals surface area contributed by atoms with E-state index < -0.39 is 0 Å². The molecule has 1 aromatic carbocycles. The highest BCUT2D eigenvalue weighted by Gasteiger charge is 2.04. The molecule has 2 rings (SSSR count). The summed E-state index contributed by atoms with van der Waals surface area (Å²) in [5.74, 6) is 0. The van der Waals surface area contributed by atoms with Gasteiger partial charge in [0.25, 0.3) is 0 Å². The second kappa shape index (κ2) is 6.50. The minimum absolute atomic E-state index is 0.364. The van der Waals surface area contributed by atoms with Crippen molar-refractivity contribution in [2.75, 3.05) is 0 Å². The van der Waals surface area contributed by atoms with Crippen molar-refractivity contribution in [1.29, 1.82) is 0 Å². The minimum atomic E-state index is 0.364. The van der Waals surface area contributed by atoms with Crippen molar-refractivity contribution in [2.45, 2.75) is 45.1 Å². The lowest BCUT2D eigenvalue weighted by Gasteiger charge is -2.10. The average molecular weight is 242 g/mol. The van der Waals surface area contributed by atoms with Gasteiger partial charge in [0.15, 0.2) is 0 Å². The number of benzene rings is 1. The molecule has 0 amide bonds. The molecule has 1 atom stereocenters. The zero-order valence-electron chi connectivity index (χ0n) is 11.1. The van der Waals surface area contributed by atoms with E-state index in [1.54, 1.807) is 0 Å². The summed E-state index contributed by atoms with van der Waals surface area (Å²) in [4.78, 5) is 4.39. The number of fused-ring (bicyclic) bond motifs is 1. The normalized spacial score (nSPS) is 12.8. The lowest BCUT2D eigenvalue weighted by molar-refractivity contribution is 0.540.